The molecule has 5 heteroatoms. The average Bonchev–Trinajstić information content (AvgIpc) is 2.11. The van der Waals surface area contributed by atoms with Crippen molar-refractivity contribution in [2.45, 2.75) is 26.3 Å². The first-order valence-corrected chi connectivity index (χ1v) is 6.43. The number of aliphatic imine (C=N–C) groups is 1. The molecule has 0 bridgehead atoms. The largest absolute Gasteiger partial charge is 0.308 e. The molecule has 0 heterocycles. The van der Waals surface area contributed by atoms with E-state index in [-0.39, 0.29) is 5.54 Å². The fraction of sp³-hybridized carbons (Fsp3) is 0.364. The summed E-state index contributed by atoms with van der Waals surface area (Å²) < 4.78 is 1.96. The first-order valence-electron chi connectivity index (χ1n) is 4.85. The molecule has 88 valence electrons. The molecule has 0 aliphatic rings. The summed E-state index contributed by atoms with van der Waals surface area (Å²) in [7, 11) is 0. The highest BCUT2D eigenvalue weighted by atomic mass is 79.9. The molecule has 0 unspecified atom stereocenters. The lowest BCUT2D eigenvalue weighted by Gasteiger charge is -2.16. The number of hydrazine groups is 1. The molecule has 0 radical (unpaired) electrons. The van der Waals surface area contributed by atoms with Crippen LogP contribution in [-0.4, -0.2) is 11.4 Å². The highest BCUT2D eigenvalue weighted by Gasteiger charge is 2.11. The van der Waals surface area contributed by atoms with E-state index < -0.39 is 0 Å². The minimum absolute atomic E-state index is 0.170. The molecule has 16 heavy (non-hydrogen) atoms. The number of hydrogen-bond acceptors (Lipinski definition) is 2. The first kappa shape index (κ1) is 13.7. The second-order valence-electron chi connectivity index (χ2n) is 4.43. The van der Waals surface area contributed by atoms with Crippen LogP contribution in [0.2, 0.25) is 0 Å². The van der Waals surface area contributed by atoms with Crippen molar-refractivity contribution in [2.75, 3.05) is 0 Å². The minimum atomic E-state index is -0.170. The van der Waals surface area contributed by atoms with Crippen LogP contribution in [0, 0.1) is 0 Å². The molecule has 1 aromatic rings. The molecule has 3 N–H and O–H groups in total. The van der Waals surface area contributed by atoms with Crippen LogP contribution in [0.3, 0.4) is 0 Å². The maximum atomic E-state index is 5.50. The molecule has 1 rings (SSSR count). The Kier molecular flexibility index (Phi) is 4.52. The summed E-state index contributed by atoms with van der Waals surface area (Å²) in [4.78, 5) is 4.52. The Morgan fingerprint density at radius 1 is 1.19 bits per heavy atom. The Morgan fingerprint density at radius 2 is 1.69 bits per heavy atom. The molecule has 0 spiro atoms. The second-order valence-corrected chi connectivity index (χ2v) is 6.27. The number of nitrogens with one attached hydrogen (secondary N) is 1. The normalized spacial score (nSPS) is 12.8. The van der Waals surface area contributed by atoms with E-state index in [0.29, 0.717) is 5.84 Å². The van der Waals surface area contributed by atoms with Crippen molar-refractivity contribution >= 4 is 37.7 Å². The highest BCUT2D eigenvalue weighted by Crippen LogP contribution is 2.21. The van der Waals surface area contributed by atoms with E-state index >= 15 is 0 Å². The summed E-state index contributed by atoms with van der Waals surface area (Å²) in [5, 5.41) is 0. The number of hydrogen-bond donors (Lipinski definition) is 2. The van der Waals surface area contributed by atoms with Gasteiger partial charge in [0.1, 0.15) is 5.84 Å². The summed E-state index contributed by atoms with van der Waals surface area (Å²) in [5.74, 6) is 6.18. The number of nitrogens with two attached hydrogens (primary N) is 1. The summed E-state index contributed by atoms with van der Waals surface area (Å²) in [6, 6.07) is 5.90. The Morgan fingerprint density at radius 3 is 2.06 bits per heavy atom. The summed E-state index contributed by atoms with van der Waals surface area (Å²) in [6.45, 7) is 6.08. The van der Waals surface area contributed by atoms with Gasteiger partial charge in [0.05, 0.1) is 5.54 Å². The number of benzene rings is 1. The van der Waals surface area contributed by atoms with Crippen LogP contribution >= 0.6 is 31.9 Å². The summed E-state index contributed by atoms with van der Waals surface area (Å²) in [6.07, 6.45) is 0. The molecule has 1 aromatic carbocycles. The fourth-order valence-electron chi connectivity index (χ4n) is 1.21. The van der Waals surface area contributed by atoms with Crippen LogP contribution in [0.25, 0.3) is 0 Å². The van der Waals surface area contributed by atoms with E-state index in [4.69, 9.17) is 5.84 Å². The zero-order valence-electron chi connectivity index (χ0n) is 9.51. The molecule has 0 atom stereocenters. The Hall–Kier alpha value is -0.390. The van der Waals surface area contributed by atoms with E-state index in [2.05, 4.69) is 42.3 Å². The van der Waals surface area contributed by atoms with Gasteiger partial charge in [-0.25, -0.2) is 5.84 Å². The van der Waals surface area contributed by atoms with E-state index in [1.807, 2.05) is 39.0 Å². The maximum absolute atomic E-state index is 5.50. The van der Waals surface area contributed by atoms with E-state index in [0.717, 1.165) is 14.5 Å². The van der Waals surface area contributed by atoms with Crippen LogP contribution in [0.1, 0.15) is 26.3 Å². The van der Waals surface area contributed by atoms with Crippen LogP contribution < -0.4 is 11.3 Å². The fourth-order valence-corrected chi connectivity index (χ4v) is 2.50. The predicted octanol–water partition coefficient (Wildman–Crippen LogP) is 3.22. The third kappa shape index (κ3) is 4.23. The molecule has 0 saturated heterocycles. The summed E-state index contributed by atoms with van der Waals surface area (Å²) >= 11 is 6.87. The Bertz CT molecular complexity index is 388. The molecule has 0 aliphatic heterocycles. The number of rotatable bonds is 1. The molecule has 0 saturated carbocycles. The standard InChI is InChI=1S/C11H15Br2N3/c1-11(2,3)15-10(16-14)7-4-8(12)6-9(13)5-7/h4-6H,14H2,1-3H3,(H,15,16). The minimum Gasteiger partial charge on any atom is -0.308 e. The lowest BCUT2D eigenvalue weighted by atomic mass is 10.1. The smallest absolute Gasteiger partial charge is 0.143 e. The molecule has 0 aromatic heterocycles. The topological polar surface area (TPSA) is 50.4 Å². The SMILES string of the molecule is CC(C)(C)N=C(NN)c1cc(Br)cc(Br)c1. The first-order chi connectivity index (χ1) is 7.31. The van der Waals surface area contributed by atoms with Crippen molar-refractivity contribution in [3.63, 3.8) is 0 Å². The highest BCUT2D eigenvalue weighted by molar-refractivity contribution is 9.11. The third-order valence-corrected chi connectivity index (χ3v) is 2.64. The lowest BCUT2D eigenvalue weighted by Crippen LogP contribution is -2.33. The van der Waals surface area contributed by atoms with Gasteiger partial charge in [0.15, 0.2) is 0 Å². The van der Waals surface area contributed by atoms with Crippen LogP contribution in [0.15, 0.2) is 32.1 Å². The van der Waals surface area contributed by atoms with E-state index in [1.54, 1.807) is 0 Å². The van der Waals surface area contributed by atoms with Crippen molar-refractivity contribution in [3.8, 4) is 0 Å². The monoisotopic (exact) mass is 347 g/mol. The number of amidine groups is 1. The molecule has 3 nitrogen and oxygen atoms in total. The van der Waals surface area contributed by atoms with Crippen molar-refractivity contribution < 1.29 is 0 Å². The van der Waals surface area contributed by atoms with Crippen molar-refractivity contribution in [1.82, 2.24) is 5.43 Å². The molecule has 0 amide bonds. The molecule has 0 aliphatic carbocycles. The lowest BCUT2D eigenvalue weighted by molar-refractivity contribution is 0.580. The van der Waals surface area contributed by atoms with Crippen LogP contribution in [-0.2, 0) is 0 Å². The number of nitrogens with zero attached hydrogens (tertiary/aromatic N) is 1. The van der Waals surface area contributed by atoms with Gasteiger partial charge in [-0.05, 0) is 39.0 Å². The zero-order valence-corrected chi connectivity index (χ0v) is 12.7. The van der Waals surface area contributed by atoms with Crippen LogP contribution in [0.4, 0.5) is 0 Å². The Labute approximate surface area is 113 Å². The average molecular weight is 349 g/mol. The number of halogens is 2. The van der Waals surface area contributed by atoms with Gasteiger partial charge < -0.3 is 5.43 Å². The van der Waals surface area contributed by atoms with Crippen molar-refractivity contribution in [2.24, 2.45) is 10.8 Å². The quantitative estimate of drug-likeness (QED) is 0.354. The van der Waals surface area contributed by atoms with Gasteiger partial charge in [0.25, 0.3) is 0 Å². The van der Waals surface area contributed by atoms with Gasteiger partial charge in [-0.3, -0.25) is 4.99 Å². The summed E-state index contributed by atoms with van der Waals surface area (Å²) in [5.41, 5.74) is 3.41. The van der Waals surface area contributed by atoms with Crippen LogP contribution in [0.5, 0.6) is 0 Å². The molecular formula is C11H15Br2N3. The van der Waals surface area contributed by atoms with E-state index in [1.165, 1.54) is 0 Å². The molecular weight excluding hydrogens is 334 g/mol. The Balaban J connectivity index is 3.19. The van der Waals surface area contributed by atoms with Gasteiger partial charge in [0.2, 0.25) is 0 Å². The van der Waals surface area contributed by atoms with E-state index in [9.17, 15) is 0 Å². The third-order valence-electron chi connectivity index (χ3n) is 1.72. The molecule has 0 fully saturated rings. The van der Waals surface area contributed by atoms with Crippen molar-refractivity contribution in [3.05, 3.63) is 32.7 Å². The maximum Gasteiger partial charge on any atom is 0.143 e. The van der Waals surface area contributed by atoms with Gasteiger partial charge in [0, 0.05) is 14.5 Å². The van der Waals surface area contributed by atoms with Gasteiger partial charge >= 0.3 is 0 Å². The van der Waals surface area contributed by atoms with Crippen molar-refractivity contribution in [1.29, 1.82) is 0 Å². The predicted molar refractivity (Wildman–Crippen MR) is 75.5 cm³/mol. The zero-order chi connectivity index (χ0) is 12.3. The second kappa shape index (κ2) is 5.29. The van der Waals surface area contributed by atoms with Gasteiger partial charge in [-0.15, -0.1) is 0 Å². The van der Waals surface area contributed by atoms with Gasteiger partial charge in [-0.2, -0.15) is 0 Å². The van der Waals surface area contributed by atoms with Gasteiger partial charge in [-0.1, -0.05) is 31.9 Å².